The van der Waals surface area contributed by atoms with Gasteiger partial charge in [0.25, 0.3) is 0 Å². The molecule has 0 saturated heterocycles. The quantitative estimate of drug-likeness (QED) is 0.630. The molecule has 0 saturated carbocycles. The van der Waals surface area contributed by atoms with Crippen molar-refractivity contribution in [3.05, 3.63) is 59.2 Å². The largest absolute Gasteiger partial charge is 0.423 e. The van der Waals surface area contributed by atoms with Gasteiger partial charge in [-0.15, -0.1) is 0 Å². The minimum Gasteiger partial charge on any atom is -0.423 e. The monoisotopic (exact) mass is 269 g/mol. The summed E-state index contributed by atoms with van der Waals surface area (Å²) in [6, 6.07) is 13.1. The topological polar surface area (TPSA) is 29.5 Å². The Hall–Kier alpha value is -2.29. The van der Waals surface area contributed by atoms with Crippen LogP contribution in [0, 0.1) is 13.8 Å². The lowest BCUT2D eigenvalue weighted by Crippen LogP contribution is -2.16. The number of carbonyl (C=O) groups is 1. The molecule has 3 heteroatoms. The normalized spacial score (nSPS) is 10.2. The first-order valence-electron chi connectivity index (χ1n) is 6.55. The Labute approximate surface area is 119 Å². The Balaban J connectivity index is 2.37. The van der Waals surface area contributed by atoms with Gasteiger partial charge in [0.2, 0.25) is 0 Å². The third-order valence-corrected chi connectivity index (χ3v) is 3.28. The number of hydrogen-bond acceptors (Lipinski definition) is 3. The van der Waals surface area contributed by atoms with E-state index in [9.17, 15) is 4.79 Å². The summed E-state index contributed by atoms with van der Waals surface area (Å²) in [4.78, 5) is 14.4. The highest BCUT2D eigenvalue weighted by Crippen LogP contribution is 2.25. The fraction of sp³-hybridized carbons (Fsp3) is 0.235. The average Bonchev–Trinajstić information content (AvgIpc) is 2.39. The van der Waals surface area contributed by atoms with E-state index in [1.807, 2.05) is 63.2 Å². The fourth-order valence-electron chi connectivity index (χ4n) is 2.28. The van der Waals surface area contributed by atoms with E-state index >= 15 is 0 Å². The highest BCUT2D eigenvalue weighted by molar-refractivity contribution is 5.95. The summed E-state index contributed by atoms with van der Waals surface area (Å²) in [6.07, 6.45) is 0. The van der Waals surface area contributed by atoms with Crippen LogP contribution in [0.2, 0.25) is 0 Å². The third kappa shape index (κ3) is 2.82. The number of benzene rings is 2. The van der Waals surface area contributed by atoms with Crippen LogP contribution in [-0.4, -0.2) is 20.1 Å². The Kier molecular flexibility index (Phi) is 4.08. The Bertz CT molecular complexity index is 618. The molecule has 0 unspecified atom stereocenters. The minimum atomic E-state index is -0.310. The molecule has 0 heterocycles. The van der Waals surface area contributed by atoms with E-state index in [2.05, 4.69) is 0 Å². The van der Waals surface area contributed by atoms with Crippen LogP contribution < -0.4 is 9.64 Å². The molecule has 0 fully saturated rings. The first-order chi connectivity index (χ1) is 9.50. The number of nitrogens with zero attached hydrogens (tertiary/aromatic N) is 1. The van der Waals surface area contributed by atoms with Crippen molar-refractivity contribution in [2.75, 3.05) is 19.0 Å². The van der Waals surface area contributed by atoms with Gasteiger partial charge in [0.05, 0.1) is 5.56 Å². The molecule has 0 atom stereocenters. The van der Waals surface area contributed by atoms with E-state index < -0.39 is 0 Å². The minimum absolute atomic E-state index is 0.310. The van der Waals surface area contributed by atoms with E-state index in [0.717, 1.165) is 16.8 Å². The van der Waals surface area contributed by atoms with Gasteiger partial charge in [0.1, 0.15) is 5.75 Å². The van der Waals surface area contributed by atoms with Gasteiger partial charge in [-0.1, -0.05) is 24.3 Å². The van der Waals surface area contributed by atoms with Crippen LogP contribution in [0.3, 0.4) is 0 Å². The summed E-state index contributed by atoms with van der Waals surface area (Å²) in [5.41, 5.74) is 3.53. The summed E-state index contributed by atoms with van der Waals surface area (Å²) in [5, 5.41) is 0. The molecular formula is C17H19NO2. The molecule has 0 aromatic heterocycles. The highest BCUT2D eigenvalue weighted by Gasteiger charge is 2.17. The molecule has 0 radical (unpaired) electrons. The van der Waals surface area contributed by atoms with Crippen molar-refractivity contribution in [2.45, 2.75) is 13.8 Å². The molecule has 0 aliphatic carbocycles. The van der Waals surface area contributed by atoms with Crippen LogP contribution in [0.15, 0.2) is 42.5 Å². The van der Waals surface area contributed by atoms with Gasteiger partial charge in [-0.25, -0.2) is 4.79 Å². The zero-order chi connectivity index (χ0) is 14.7. The summed E-state index contributed by atoms with van der Waals surface area (Å²) in [7, 11) is 3.92. The van der Waals surface area contributed by atoms with Crippen LogP contribution >= 0.6 is 0 Å². The molecule has 0 bridgehead atoms. The van der Waals surface area contributed by atoms with E-state index in [4.69, 9.17) is 4.74 Å². The number of ether oxygens (including phenoxy) is 1. The first kappa shape index (κ1) is 14.1. The summed E-state index contributed by atoms with van der Waals surface area (Å²) < 4.78 is 5.44. The molecule has 0 aliphatic rings. The van der Waals surface area contributed by atoms with Gasteiger partial charge in [-0.2, -0.15) is 0 Å². The van der Waals surface area contributed by atoms with Gasteiger partial charge in [0, 0.05) is 19.8 Å². The number of rotatable bonds is 3. The maximum absolute atomic E-state index is 12.4. The van der Waals surface area contributed by atoms with Gasteiger partial charge in [-0.3, -0.25) is 0 Å². The zero-order valence-electron chi connectivity index (χ0n) is 12.3. The second-order valence-corrected chi connectivity index (χ2v) is 5.00. The lowest BCUT2D eigenvalue weighted by Gasteiger charge is -2.19. The summed E-state index contributed by atoms with van der Waals surface area (Å²) >= 11 is 0. The first-order valence-corrected chi connectivity index (χ1v) is 6.55. The molecule has 3 nitrogen and oxygen atoms in total. The number of anilines is 1. The van der Waals surface area contributed by atoms with Crippen molar-refractivity contribution in [1.82, 2.24) is 0 Å². The molecule has 0 aliphatic heterocycles. The zero-order valence-corrected chi connectivity index (χ0v) is 12.3. The maximum atomic E-state index is 12.4. The number of carbonyl (C=O) groups excluding carboxylic acids is 1. The summed E-state index contributed by atoms with van der Waals surface area (Å²) in [6.45, 7) is 3.87. The lowest BCUT2D eigenvalue weighted by molar-refractivity contribution is 0.0733. The van der Waals surface area contributed by atoms with Crippen LogP contribution in [0.25, 0.3) is 0 Å². The van der Waals surface area contributed by atoms with Crippen molar-refractivity contribution in [2.24, 2.45) is 0 Å². The Morgan fingerprint density at radius 3 is 2.25 bits per heavy atom. The smallest absolute Gasteiger partial charge is 0.344 e. The summed E-state index contributed by atoms with van der Waals surface area (Å²) in [5.74, 6) is 0.251. The van der Waals surface area contributed by atoms with Crippen LogP contribution in [-0.2, 0) is 0 Å². The van der Waals surface area contributed by atoms with Crippen molar-refractivity contribution in [1.29, 1.82) is 0 Å². The van der Waals surface area contributed by atoms with Crippen molar-refractivity contribution in [3.8, 4) is 5.75 Å². The lowest BCUT2D eigenvalue weighted by atomic mass is 10.0. The third-order valence-electron chi connectivity index (χ3n) is 3.28. The molecule has 0 N–H and O–H groups in total. The Morgan fingerprint density at radius 1 is 1.00 bits per heavy atom. The second-order valence-electron chi connectivity index (χ2n) is 5.00. The number of aryl methyl sites for hydroxylation is 1. The molecule has 2 aromatic rings. The van der Waals surface area contributed by atoms with E-state index in [1.54, 1.807) is 12.1 Å². The fourth-order valence-corrected chi connectivity index (χ4v) is 2.28. The molecule has 0 spiro atoms. The van der Waals surface area contributed by atoms with Crippen LogP contribution in [0.5, 0.6) is 5.75 Å². The van der Waals surface area contributed by atoms with Gasteiger partial charge in [0.15, 0.2) is 0 Å². The molecule has 2 rings (SSSR count). The predicted octanol–water partition coefficient (Wildman–Crippen LogP) is 3.59. The maximum Gasteiger partial charge on any atom is 0.344 e. The van der Waals surface area contributed by atoms with Gasteiger partial charge in [-0.05, 0) is 43.2 Å². The highest BCUT2D eigenvalue weighted by atomic mass is 16.5. The number of esters is 1. The van der Waals surface area contributed by atoms with Crippen molar-refractivity contribution >= 4 is 11.7 Å². The molecule has 2 aromatic carbocycles. The van der Waals surface area contributed by atoms with E-state index in [1.165, 1.54) is 0 Å². The van der Waals surface area contributed by atoms with Gasteiger partial charge < -0.3 is 9.64 Å². The van der Waals surface area contributed by atoms with Gasteiger partial charge >= 0.3 is 5.97 Å². The van der Waals surface area contributed by atoms with E-state index in [-0.39, 0.29) is 5.97 Å². The predicted molar refractivity (Wildman–Crippen MR) is 81.6 cm³/mol. The molecular weight excluding hydrogens is 250 g/mol. The van der Waals surface area contributed by atoms with E-state index in [0.29, 0.717) is 11.3 Å². The van der Waals surface area contributed by atoms with Crippen LogP contribution in [0.4, 0.5) is 5.69 Å². The molecule has 0 amide bonds. The van der Waals surface area contributed by atoms with Crippen molar-refractivity contribution < 1.29 is 9.53 Å². The standard InChI is InChI=1S/C17H19NO2/c1-12-10-11-15(18(3)4)13(2)16(12)17(19)20-14-8-6-5-7-9-14/h5-11H,1-4H3. The number of hydrogen-bond donors (Lipinski definition) is 0. The average molecular weight is 269 g/mol. The number of para-hydroxylation sites is 1. The Morgan fingerprint density at radius 2 is 1.65 bits per heavy atom. The molecule has 104 valence electrons. The van der Waals surface area contributed by atoms with Crippen molar-refractivity contribution in [3.63, 3.8) is 0 Å². The van der Waals surface area contributed by atoms with Crippen LogP contribution in [0.1, 0.15) is 21.5 Å². The SMILES string of the molecule is Cc1ccc(N(C)C)c(C)c1C(=O)Oc1ccccc1. The second kappa shape index (κ2) is 5.78. The molecule has 20 heavy (non-hydrogen) atoms.